The van der Waals surface area contributed by atoms with E-state index in [1.54, 1.807) is 0 Å². The zero-order valence-corrected chi connectivity index (χ0v) is 17.8. The van der Waals surface area contributed by atoms with Gasteiger partial charge in [-0.05, 0) is 43.4 Å². The Balaban J connectivity index is 1.69. The summed E-state index contributed by atoms with van der Waals surface area (Å²) in [5.74, 6) is 1.28. The van der Waals surface area contributed by atoms with Crippen molar-refractivity contribution in [2.75, 3.05) is 31.1 Å². The van der Waals surface area contributed by atoms with E-state index in [1.165, 1.54) is 12.8 Å². The van der Waals surface area contributed by atoms with Crippen LogP contribution in [0.25, 0.3) is 11.1 Å². The minimum absolute atomic E-state index is 0.224. The predicted molar refractivity (Wildman–Crippen MR) is 115 cm³/mol. The number of hydrogen-bond donors (Lipinski definition) is 0. The fourth-order valence-corrected chi connectivity index (χ4v) is 4.38. The van der Waals surface area contributed by atoms with Crippen LogP contribution in [0, 0.1) is 5.41 Å². The van der Waals surface area contributed by atoms with Crippen LogP contribution in [0.5, 0.6) is 0 Å². The van der Waals surface area contributed by atoms with Gasteiger partial charge in [-0.15, -0.1) is 0 Å². The van der Waals surface area contributed by atoms with Gasteiger partial charge in [0.2, 0.25) is 11.9 Å². The minimum atomic E-state index is -0.359. The molecule has 2 fully saturated rings. The lowest BCUT2D eigenvalue weighted by molar-refractivity contribution is -0.140. The average molecular weight is 394 g/mol. The fourth-order valence-electron chi connectivity index (χ4n) is 4.38. The molecule has 0 aliphatic carbocycles. The van der Waals surface area contributed by atoms with E-state index in [4.69, 9.17) is 9.97 Å². The summed E-state index contributed by atoms with van der Waals surface area (Å²) >= 11 is 0. The summed E-state index contributed by atoms with van der Waals surface area (Å²) in [6.07, 6.45) is 10.0. The lowest BCUT2D eigenvalue weighted by Gasteiger charge is -2.37. The van der Waals surface area contributed by atoms with Crippen molar-refractivity contribution in [2.24, 2.45) is 5.41 Å². The first-order valence-electron chi connectivity index (χ1n) is 10.7. The van der Waals surface area contributed by atoms with E-state index in [9.17, 15) is 4.79 Å². The number of likely N-dealkylation sites (tertiary alicyclic amines) is 1. The first-order chi connectivity index (χ1) is 13.9. The molecule has 4 heterocycles. The summed E-state index contributed by atoms with van der Waals surface area (Å²) in [5.41, 5.74) is 2.86. The molecule has 2 aliphatic heterocycles. The predicted octanol–water partition coefficient (Wildman–Crippen LogP) is 3.89. The van der Waals surface area contributed by atoms with E-state index < -0.39 is 0 Å². The maximum absolute atomic E-state index is 12.9. The van der Waals surface area contributed by atoms with Crippen LogP contribution < -0.4 is 4.90 Å². The topological polar surface area (TPSA) is 62.2 Å². The number of piperidine rings is 1. The third-order valence-electron chi connectivity index (χ3n) is 5.92. The smallest absolute Gasteiger partial charge is 0.227 e. The van der Waals surface area contributed by atoms with Crippen LogP contribution in [-0.4, -0.2) is 51.9 Å². The molecule has 2 saturated heterocycles. The molecule has 2 aliphatic rings. The van der Waals surface area contributed by atoms with Gasteiger partial charge < -0.3 is 9.80 Å². The van der Waals surface area contributed by atoms with Crippen molar-refractivity contribution in [3.8, 4) is 11.1 Å². The zero-order chi connectivity index (χ0) is 20.4. The number of rotatable bonds is 3. The van der Waals surface area contributed by atoms with Gasteiger partial charge in [0.1, 0.15) is 0 Å². The summed E-state index contributed by atoms with van der Waals surface area (Å²) in [4.78, 5) is 31.1. The molecule has 0 saturated carbocycles. The molecule has 0 spiro atoms. The highest BCUT2D eigenvalue weighted by atomic mass is 16.2. The number of amides is 1. The monoisotopic (exact) mass is 393 g/mol. The van der Waals surface area contributed by atoms with Crippen molar-refractivity contribution in [2.45, 2.75) is 52.4 Å². The van der Waals surface area contributed by atoms with Gasteiger partial charge in [-0.1, -0.05) is 20.8 Å². The summed E-state index contributed by atoms with van der Waals surface area (Å²) < 4.78 is 0. The standard InChI is InChI=1S/C23H31N5O/c1-23(2,3)21(29)28-14-6-7-18(16-28)20-19(17-8-10-24-11-9-17)15-25-22(26-20)27-12-4-5-13-27/h8-11,15,18H,4-7,12-14,16H2,1-3H3/t18-/m0/s1. The number of anilines is 1. The van der Waals surface area contributed by atoms with E-state index in [0.29, 0.717) is 0 Å². The Labute approximate surface area is 173 Å². The second-order valence-electron chi connectivity index (χ2n) is 9.24. The van der Waals surface area contributed by atoms with Crippen LogP contribution in [0.2, 0.25) is 0 Å². The second-order valence-corrected chi connectivity index (χ2v) is 9.24. The van der Waals surface area contributed by atoms with Gasteiger partial charge >= 0.3 is 0 Å². The highest BCUT2D eigenvalue weighted by Gasteiger charge is 2.33. The quantitative estimate of drug-likeness (QED) is 0.792. The summed E-state index contributed by atoms with van der Waals surface area (Å²) in [6, 6.07) is 4.03. The maximum atomic E-state index is 12.9. The highest BCUT2D eigenvalue weighted by Crippen LogP contribution is 2.35. The molecule has 6 nitrogen and oxygen atoms in total. The van der Waals surface area contributed by atoms with E-state index in [0.717, 1.165) is 61.8 Å². The molecule has 2 aromatic rings. The van der Waals surface area contributed by atoms with Gasteiger partial charge in [-0.2, -0.15) is 0 Å². The maximum Gasteiger partial charge on any atom is 0.227 e. The Morgan fingerprint density at radius 3 is 2.48 bits per heavy atom. The van der Waals surface area contributed by atoms with Crippen LogP contribution in [0.3, 0.4) is 0 Å². The number of pyridine rings is 1. The molecule has 1 amide bonds. The van der Waals surface area contributed by atoms with Crippen LogP contribution in [0.15, 0.2) is 30.7 Å². The number of hydrogen-bond acceptors (Lipinski definition) is 5. The first-order valence-corrected chi connectivity index (χ1v) is 10.7. The number of carbonyl (C=O) groups excluding carboxylic acids is 1. The molecule has 1 atom stereocenters. The lowest BCUT2D eigenvalue weighted by atomic mass is 9.87. The molecule has 29 heavy (non-hydrogen) atoms. The Morgan fingerprint density at radius 1 is 1.07 bits per heavy atom. The van der Waals surface area contributed by atoms with Crippen LogP contribution in [0.1, 0.15) is 58.1 Å². The Morgan fingerprint density at radius 2 is 1.79 bits per heavy atom. The van der Waals surface area contributed by atoms with Crippen molar-refractivity contribution < 1.29 is 4.79 Å². The van der Waals surface area contributed by atoms with Gasteiger partial charge in [-0.3, -0.25) is 9.78 Å². The first kappa shape index (κ1) is 19.8. The summed E-state index contributed by atoms with van der Waals surface area (Å²) in [7, 11) is 0. The number of carbonyl (C=O) groups is 1. The van der Waals surface area contributed by atoms with Gasteiger partial charge in [0.15, 0.2) is 0 Å². The summed E-state index contributed by atoms with van der Waals surface area (Å²) in [5, 5.41) is 0. The lowest BCUT2D eigenvalue weighted by Crippen LogP contribution is -2.44. The molecular weight excluding hydrogens is 362 g/mol. The van der Waals surface area contributed by atoms with Crippen LogP contribution in [0.4, 0.5) is 5.95 Å². The molecule has 0 bridgehead atoms. The minimum Gasteiger partial charge on any atom is -0.342 e. The average Bonchev–Trinajstić information content (AvgIpc) is 3.28. The SMILES string of the molecule is CC(C)(C)C(=O)N1CCC[C@H](c2nc(N3CCCC3)ncc2-c2ccncc2)C1. The van der Waals surface area contributed by atoms with Crippen molar-refractivity contribution >= 4 is 11.9 Å². The van der Waals surface area contributed by atoms with Crippen LogP contribution >= 0.6 is 0 Å². The fraction of sp³-hybridized carbons (Fsp3) is 0.565. The van der Waals surface area contributed by atoms with Gasteiger partial charge in [0, 0.05) is 61.7 Å². The molecule has 0 radical (unpaired) electrons. The molecule has 6 heteroatoms. The van der Waals surface area contributed by atoms with Crippen LogP contribution in [-0.2, 0) is 4.79 Å². The zero-order valence-electron chi connectivity index (χ0n) is 17.8. The van der Waals surface area contributed by atoms with Crippen molar-refractivity contribution in [3.05, 3.63) is 36.4 Å². The second kappa shape index (κ2) is 8.09. The molecule has 4 rings (SSSR count). The van der Waals surface area contributed by atoms with E-state index in [-0.39, 0.29) is 17.2 Å². The van der Waals surface area contributed by atoms with Crippen molar-refractivity contribution in [1.29, 1.82) is 0 Å². The normalized spacial score (nSPS) is 20.2. The Hall–Kier alpha value is -2.50. The Bertz CT molecular complexity index is 855. The number of nitrogens with zero attached hydrogens (tertiary/aromatic N) is 5. The van der Waals surface area contributed by atoms with Crippen molar-refractivity contribution in [3.63, 3.8) is 0 Å². The third-order valence-corrected chi connectivity index (χ3v) is 5.92. The van der Waals surface area contributed by atoms with E-state index >= 15 is 0 Å². The Kier molecular flexibility index (Phi) is 5.52. The van der Waals surface area contributed by atoms with Crippen molar-refractivity contribution in [1.82, 2.24) is 19.9 Å². The van der Waals surface area contributed by atoms with Gasteiger partial charge in [0.05, 0.1) is 5.69 Å². The molecular formula is C23H31N5O. The molecule has 0 unspecified atom stereocenters. The largest absolute Gasteiger partial charge is 0.342 e. The number of aromatic nitrogens is 3. The van der Waals surface area contributed by atoms with E-state index in [2.05, 4.69) is 9.88 Å². The summed E-state index contributed by atoms with van der Waals surface area (Å²) in [6.45, 7) is 9.60. The molecule has 2 aromatic heterocycles. The van der Waals surface area contributed by atoms with Gasteiger partial charge in [-0.25, -0.2) is 9.97 Å². The third kappa shape index (κ3) is 4.26. The highest BCUT2D eigenvalue weighted by molar-refractivity contribution is 5.81. The van der Waals surface area contributed by atoms with Gasteiger partial charge in [0.25, 0.3) is 0 Å². The molecule has 154 valence electrons. The van der Waals surface area contributed by atoms with E-state index in [1.807, 2.05) is 56.4 Å². The molecule has 0 aromatic carbocycles. The molecule has 0 N–H and O–H groups in total.